The topological polar surface area (TPSA) is 119 Å². The Hall–Kier alpha value is -4.23. The molecule has 182 valence electrons. The predicted molar refractivity (Wildman–Crippen MR) is 134 cm³/mol. The molecular formula is C25H22ClN7O3. The second kappa shape index (κ2) is 9.43. The van der Waals surface area contributed by atoms with E-state index in [1.807, 2.05) is 4.90 Å². The Morgan fingerprint density at radius 1 is 1.36 bits per heavy atom. The number of aryl methyl sites for hydroxylation is 1. The maximum Gasteiger partial charge on any atom is 0.232 e. The second-order valence-electron chi connectivity index (χ2n) is 8.60. The number of carbonyl (C=O) groups excluding carboxylic acids is 1. The van der Waals surface area contributed by atoms with E-state index in [1.54, 1.807) is 47.0 Å². The molecule has 36 heavy (non-hydrogen) atoms. The second-order valence-corrected chi connectivity index (χ2v) is 9.01. The molecule has 0 saturated carbocycles. The number of nitriles is 1. The molecule has 1 saturated heterocycles. The van der Waals surface area contributed by atoms with Crippen molar-refractivity contribution in [1.82, 2.24) is 24.3 Å². The van der Waals surface area contributed by atoms with Crippen molar-refractivity contribution in [3.63, 3.8) is 0 Å². The Morgan fingerprint density at radius 3 is 2.89 bits per heavy atom. The zero-order chi connectivity index (χ0) is 25.4. The summed E-state index contributed by atoms with van der Waals surface area (Å²) in [6, 6.07) is 7.07. The summed E-state index contributed by atoms with van der Waals surface area (Å²) in [5.41, 5.74) is 0.787. The van der Waals surface area contributed by atoms with E-state index < -0.39 is 5.43 Å². The van der Waals surface area contributed by atoms with Crippen molar-refractivity contribution in [1.29, 1.82) is 5.26 Å². The summed E-state index contributed by atoms with van der Waals surface area (Å²) in [6.07, 6.45) is 8.19. The monoisotopic (exact) mass is 503 g/mol. The summed E-state index contributed by atoms with van der Waals surface area (Å²) < 4.78 is 9.18. The van der Waals surface area contributed by atoms with Crippen molar-refractivity contribution in [3.8, 4) is 17.6 Å². The van der Waals surface area contributed by atoms with E-state index in [4.69, 9.17) is 21.3 Å². The van der Waals surface area contributed by atoms with E-state index in [0.717, 1.165) is 12.8 Å². The normalized spacial score (nSPS) is 15.3. The number of Topliss-reactive ketones (excluding diaryl/α,β-unsaturated/α-hetero) is 1. The summed E-state index contributed by atoms with van der Waals surface area (Å²) >= 11 is 6.18. The molecule has 0 radical (unpaired) electrons. The first-order chi connectivity index (χ1) is 17.4. The first-order valence-corrected chi connectivity index (χ1v) is 11.8. The lowest BCUT2D eigenvalue weighted by Gasteiger charge is -2.27. The van der Waals surface area contributed by atoms with Gasteiger partial charge in [-0.25, -0.2) is 9.97 Å². The Morgan fingerprint density at radius 2 is 2.19 bits per heavy atom. The molecule has 0 aromatic carbocycles. The molecule has 0 bridgehead atoms. The Labute approximate surface area is 211 Å². The number of hydrogen-bond acceptors (Lipinski definition) is 8. The number of aromatic nitrogens is 5. The third-order valence-corrected chi connectivity index (χ3v) is 6.50. The molecule has 0 aliphatic carbocycles. The van der Waals surface area contributed by atoms with E-state index in [0.29, 0.717) is 41.2 Å². The molecule has 0 unspecified atom stereocenters. The minimum absolute atomic E-state index is 0.0180. The molecule has 0 N–H and O–H groups in total. The van der Waals surface area contributed by atoms with Gasteiger partial charge in [0.15, 0.2) is 11.4 Å². The van der Waals surface area contributed by atoms with Crippen LogP contribution in [0.5, 0.6) is 5.88 Å². The highest BCUT2D eigenvalue weighted by molar-refractivity contribution is 6.31. The van der Waals surface area contributed by atoms with Gasteiger partial charge >= 0.3 is 0 Å². The van der Waals surface area contributed by atoms with Gasteiger partial charge in [0.2, 0.25) is 11.3 Å². The maximum atomic E-state index is 13.2. The van der Waals surface area contributed by atoms with Gasteiger partial charge in [0.1, 0.15) is 23.5 Å². The van der Waals surface area contributed by atoms with Crippen LogP contribution in [0.15, 0.2) is 47.8 Å². The van der Waals surface area contributed by atoms with Crippen molar-refractivity contribution in [2.75, 3.05) is 18.1 Å². The third kappa shape index (κ3) is 4.18. The number of ketones is 1. The molecule has 5 heterocycles. The van der Waals surface area contributed by atoms with Gasteiger partial charge < -0.3 is 9.64 Å². The summed E-state index contributed by atoms with van der Waals surface area (Å²) in [6.45, 7) is 2.31. The molecule has 1 aliphatic heterocycles. The molecule has 11 heteroatoms. The number of nitrogens with zero attached hydrogens (tertiary/aromatic N) is 7. The van der Waals surface area contributed by atoms with Crippen molar-refractivity contribution >= 4 is 34.2 Å². The van der Waals surface area contributed by atoms with Crippen LogP contribution in [0.4, 0.5) is 5.82 Å². The molecular weight excluding hydrogens is 482 g/mol. The number of halogens is 1. The van der Waals surface area contributed by atoms with E-state index >= 15 is 0 Å². The zero-order valence-electron chi connectivity index (χ0n) is 19.7. The summed E-state index contributed by atoms with van der Waals surface area (Å²) in [4.78, 5) is 36.4. The van der Waals surface area contributed by atoms with Gasteiger partial charge in [0.25, 0.3) is 0 Å². The van der Waals surface area contributed by atoms with Crippen molar-refractivity contribution in [3.05, 3.63) is 69.4 Å². The van der Waals surface area contributed by atoms with Crippen molar-refractivity contribution in [2.45, 2.75) is 25.8 Å². The quantitative estimate of drug-likeness (QED) is 0.368. The predicted octanol–water partition coefficient (Wildman–Crippen LogP) is 3.29. The highest BCUT2D eigenvalue weighted by Crippen LogP contribution is 2.30. The van der Waals surface area contributed by atoms with Gasteiger partial charge in [-0.05, 0) is 38.0 Å². The highest BCUT2D eigenvalue weighted by atomic mass is 35.5. The van der Waals surface area contributed by atoms with E-state index in [1.165, 1.54) is 19.2 Å². The SMILES string of the molecule is CC(=O)c1cn(-c2cnn(C)c2)c2nc(N3CCC[C@@H]3COc3ncccc3Cl)c(C#N)cc2c1=O. The van der Waals surface area contributed by atoms with Crippen LogP contribution in [-0.2, 0) is 7.05 Å². The van der Waals surface area contributed by atoms with E-state index in [9.17, 15) is 14.9 Å². The van der Waals surface area contributed by atoms with Crippen molar-refractivity contribution in [2.24, 2.45) is 7.05 Å². The molecule has 1 atom stereocenters. The number of ether oxygens (including phenoxy) is 1. The molecule has 0 amide bonds. The molecule has 4 aromatic rings. The molecule has 1 aliphatic rings. The average Bonchev–Trinajstić information content (AvgIpc) is 3.51. The number of hydrogen-bond donors (Lipinski definition) is 0. The lowest BCUT2D eigenvalue weighted by atomic mass is 10.1. The van der Waals surface area contributed by atoms with Gasteiger partial charge in [0, 0.05) is 32.2 Å². The van der Waals surface area contributed by atoms with E-state index in [-0.39, 0.29) is 28.3 Å². The average molecular weight is 504 g/mol. The van der Waals surface area contributed by atoms with Crippen LogP contribution in [0.2, 0.25) is 5.02 Å². The standard InChI is InChI=1S/C25H22ClN7O3/c1-15(34)20-13-33(18-11-29-31(2)12-18)24-19(22(20)35)9-16(10-27)23(30-24)32-8-4-5-17(32)14-36-25-21(26)6-3-7-28-25/h3,6-7,9,11-13,17H,4-5,8,14H2,1-2H3/t17-/m1/s1. The number of rotatable bonds is 6. The fourth-order valence-corrected chi connectivity index (χ4v) is 4.64. The number of anilines is 1. The first-order valence-electron chi connectivity index (χ1n) is 11.4. The lowest BCUT2D eigenvalue weighted by molar-refractivity contribution is 0.101. The van der Waals surface area contributed by atoms with Gasteiger partial charge in [-0.15, -0.1) is 0 Å². The summed E-state index contributed by atoms with van der Waals surface area (Å²) in [5.74, 6) is 0.433. The Kier molecular flexibility index (Phi) is 6.16. The van der Waals surface area contributed by atoms with Gasteiger partial charge in [-0.2, -0.15) is 10.4 Å². The number of fused-ring (bicyclic) bond motifs is 1. The summed E-state index contributed by atoms with van der Waals surface area (Å²) in [7, 11) is 1.77. The van der Waals surface area contributed by atoms with Crippen LogP contribution < -0.4 is 15.1 Å². The van der Waals surface area contributed by atoms with Crippen LogP contribution in [0.25, 0.3) is 16.7 Å². The van der Waals surface area contributed by atoms with Gasteiger partial charge in [-0.1, -0.05) is 11.6 Å². The highest BCUT2D eigenvalue weighted by Gasteiger charge is 2.30. The van der Waals surface area contributed by atoms with Crippen molar-refractivity contribution < 1.29 is 9.53 Å². The Bertz CT molecular complexity index is 1590. The van der Waals surface area contributed by atoms with Crippen LogP contribution in [0.3, 0.4) is 0 Å². The van der Waals surface area contributed by atoms with Crippen LogP contribution >= 0.6 is 11.6 Å². The van der Waals surface area contributed by atoms with Crippen LogP contribution in [-0.4, -0.2) is 49.3 Å². The summed E-state index contributed by atoms with van der Waals surface area (Å²) in [5, 5.41) is 14.8. The zero-order valence-corrected chi connectivity index (χ0v) is 20.4. The lowest BCUT2D eigenvalue weighted by Crippen LogP contribution is -2.35. The Balaban J connectivity index is 1.62. The molecule has 4 aromatic heterocycles. The fourth-order valence-electron chi connectivity index (χ4n) is 4.46. The van der Waals surface area contributed by atoms with E-state index in [2.05, 4.69) is 16.2 Å². The van der Waals surface area contributed by atoms with Gasteiger partial charge in [-0.3, -0.25) is 18.8 Å². The number of carbonyl (C=O) groups is 1. The minimum Gasteiger partial charge on any atom is -0.474 e. The van der Waals surface area contributed by atoms with Crippen LogP contribution in [0.1, 0.15) is 35.7 Å². The molecule has 10 nitrogen and oxygen atoms in total. The fraction of sp³-hybridized carbons (Fsp3) is 0.280. The largest absolute Gasteiger partial charge is 0.474 e. The molecule has 1 fully saturated rings. The maximum absolute atomic E-state index is 13.2. The molecule has 5 rings (SSSR count). The minimum atomic E-state index is -0.459. The smallest absolute Gasteiger partial charge is 0.232 e. The first kappa shape index (κ1) is 23.5. The third-order valence-electron chi connectivity index (χ3n) is 6.21. The number of pyridine rings is 3. The van der Waals surface area contributed by atoms with Crippen LogP contribution in [0, 0.1) is 11.3 Å². The van der Waals surface area contributed by atoms with Gasteiger partial charge in [0.05, 0.1) is 34.4 Å². The molecule has 0 spiro atoms.